The maximum absolute atomic E-state index is 6.17. The van der Waals surface area contributed by atoms with Gasteiger partial charge in [-0.2, -0.15) is 0 Å². The van der Waals surface area contributed by atoms with Gasteiger partial charge in [0, 0.05) is 23.7 Å². The van der Waals surface area contributed by atoms with Gasteiger partial charge in [-0.3, -0.25) is 0 Å². The molecule has 0 aliphatic carbocycles. The van der Waals surface area contributed by atoms with Crippen molar-refractivity contribution in [2.45, 2.75) is 13.3 Å². The summed E-state index contributed by atoms with van der Waals surface area (Å²) in [6, 6.07) is 13.6. The smallest absolute Gasteiger partial charge is 0.143 e. The minimum atomic E-state index is 0.653. The standard InChI is InChI=1S/C21H23ClN4O2/c1-14-10-17(19(28-3)11-16(14)22)26-21-12-20(24-13-25-21)23-9-8-15-6-4-5-7-18(15)27-2/h4-7,10-13H,8-9H2,1-3H3,(H2,23,24,25,26). The predicted octanol–water partition coefficient (Wildman–Crippen LogP) is 4.85. The summed E-state index contributed by atoms with van der Waals surface area (Å²) in [5.41, 5.74) is 2.89. The van der Waals surface area contributed by atoms with Gasteiger partial charge in [-0.1, -0.05) is 29.8 Å². The third kappa shape index (κ3) is 4.84. The van der Waals surface area contributed by atoms with E-state index in [1.165, 1.54) is 6.33 Å². The molecule has 7 heteroatoms. The fourth-order valence-electron chi connectivity index (χ4n) is 2.82. The molecule has 0 unspecified atom stereocenters. The van der Waals surface area contributed by atoms with Gasteiger partial charge in [-0.15, -0.1) is 0 Å². The van der Waals surface area contributed by atoms with Crippen LogP contribution < -0.4 is 20.1 Å². The normalized spacial score (nSPS) is 10.4. The number of anilines is 3. The van der Waals surface area contributed by atoms with Crippen LogP contribution >= 0.6 is 11.6 Å². The second kappa shape index (κ2) is 9.28. The van der Waals surface area contributed by atoms with Crippen LogP contribution in [0.3, 0.4) is 0 Å². The topological polar surface area (TPSA) is 68.3 Å². The Morgan fingerprint density at radius 2 is 1.71 bits per heavy atom. The van der Waals surface area contributed by atoms with E-state index < -0.39 is 0 Å². The molecular formula is C21H23ClN4O2. The van der Waals surface area contributed by atoms with Crippen molar-refractivity contribution in [1.82, 2.24) is 9.97 Å². The summed E-state index contributed by atoms with van der Waals surface area (Å²) in [4.78, 5) is 8.57. The molecule has 2 aromatic carbocycles. The molecule has 3 rings (SSSR count). The highest BCUT2D eigenvalue weighted by Gasteiger charge is 2.09. The number of nitrogens with zero attached hydrogens (tertiary/aromatic N) is 2. The van der Waals surface area contributed by atoms with E-state index in [0.29, 0.717) is 16.6 Å². The molecule has 3 aromatic rings. The van der Waals surface area contributed by atoms with Gasteiger partial charge in [-0.25, -0.2) is 9.97 Å². The van der Waals surface area contributed by atoms with Crippen LogP contribution in [0.15, 0.2) is 48.8 Å². The Labute approximate surface area is 169 Å². The Morgan fingerprint density at radius 1 is 0.964 bits per heavy atom. The Hall–Kier alpha value is -2.99. The zero-order chi connectivity index (χ0) is 19.9. The third-order valence-electron chi connectivity index (χ3n) is 4.30. The third-order valence-corrected chi connectivity index (χ3v) is 4.71. The van der Waals surface area contributed by atoms with E-state index in [9.17, 15) is 0 Å². The molecule has 0 atom stereocenters. The molecule has 0 fully saturated rings. The van der Waals surface area contributed by atoms with Crippen molar-refractivity contribution in [1.29, 1.82) is 0 Å². The number of aryl methyl sites for hydroxylation is 1. The number of rotatable bonds is 8. The van der Waals surface area contributed by atoms with Crippen molar-refractivity contribution in [3.8, 4) is 11.5 Å². The fourth-order valence-corrected chi connectivity index (χ4v) is 2.98. The number of hydrogen-bond donors (Lipinski definition) is 2. The lowest BCUT2D eigenvalue weighted by Crippen LogP contribution is -2.08. The van der Waals surface area contributed by atoms with Gasteiger partial charge in [0.2, 0.25) is 0 Å². The summed E-state index contributed by atoms with van der Waals surface area (Å²) >= 11 is 6.17. The number of ether oxygens (including phenoxy) is 2. The first-order chi connectivity index (χ1) is 13.6. The monoisotopic (exact) mass is 398 g/mol. The molecule has 146 valence electrons. The van der Waals surface area contributed by atoms with Crippen LogP contribution in [0.2, 0.25) is 5.02 Å². The summed E-state index contributed by atoms with van der Waals surface area (Å²) in [6.07, 6.45) is 2.34. The minimum Gasteiger partial charge on any atom is -0.496 e. The molecule has 6 nitrogen and oxygen atoms in total. The SMILES string of the molecule is COc1ccccc1CCNc1cc(Nc2cc(C)c(Cl)cc2OC)ncn1. The quantitative estimate of drug-likeness (QED) is 0.565. The van der Waals surface area contributed by atoms with Crippen LogP contribution in [0, 0.1) is 6.92 Å². The largest absolute Gasteiger partial charge is 0.496 e. The van der Waals surface area contributed by atoms with Crippen LogP contribution in [0.4, 0.5) is 17.3 Å². The van der Waals surface area contributed by atoms with E-state index in [4.69, 9.17) is 21.1 Å². The van der Waals surface area contributed by atoms with Crippen LogP contribution in [0.25, 0.3) is 0 Å². The Bertz CT molecular complexity index is 949. The first-order valence-corrected chi connectivity index (χ1v) is 9.27. The Balaban J connectivity index is 1.67. The van der Waals surface area contributed by atoms with Gasteiger partial charge in [0.15, 0.2) is 0 Å². The first kappa shape index (κ1) is 19.8. The van der Waals surface area contributed by atoms with Crippen LogP contribution in [0.5, 0.6) is 11.5 Å². The van der Waals surface area contributed by atoms with Crippen molar-refractivity contribution < 1.29 is 9.47 Å². The second-order valence-electron chi connectivity index (χ2n) is 6.20. The number of hydrogen-bond acceptors (Lipinski definition) is 6. The average molecular weight is 399 g/mol. The van der Waals surface area contributed by atoms with Gasteiger partial charge in [0.25, 0.3) is 0 Å². The summed E-state index contributed by atoms with van der Waals surface area (Å²) in [5, 5.41) is 7.24. The minimum absolute atomic E-state index is 0.653. The van der Waals surface area contributed by atoms with E-state index in [1.807, 2.05) is 37.3 Å². The summed E-state index contributed by atoms with van der Waals surface area (Å²) in [5.74, 6) is 2.94. The molecule has 2 N–H and O–H groups in total. The Kier molecular flexibility index (Phi) is 6.55. The van der Waals surface area contributed by atoms with E-state index >= 15 is 0 Å². The van der Waals surface area contributed by atoms with E-state index in [2.05, 4.69) is 26.7 Å². The van der Waals surface area contributed by atoms with Crippen molar-refractivity contribution in [2.24, 2.45) is 0 Å². The molecule has 0 saturated heterocycles. The number of halogens is 1. The van der Waals surface area contributed by atoms with E-state index in [1.54, 1.807) is 20.3 Å². The molecule has 0 spiro atoms. The highest BCUT2D eigenvalue weighted by Crippen LogP contribution is 2.32. The fraction of sp³-hybridized carbons (Fsp3) is 0.238. The maximum Gasteiger partial charge on any atom is 0.143 e. The van der Waals surface area contributed by atoms with E-state index in [0.717, 1.165) is 41.3 Å². The highest BCUT2D eigenvalue weighted by atomic mass is 35.5. The van der Waals surface area contributed by atoms with Crippen molar-refractivity contribution in [3.63, 3.8) is 0 Å². The molecule has 0 amide bonds. The number of para-hydroxylation sites is 1. The van der Waals surface area contributed by atoms with Crippen molar-refractivity contribution >= 4 is 28.9 Å². The Morgan fingerprint density at radius 3 is 2.50 bits per heavy atom. The molecular weight excluding hydrogens is 376 g/mol. The highest BCUT2D eigenvalue weighted by molar-refractivity contribution is 6.31. The lowest BCUT2D eigenvalue weighted by Gasteiger charge is -2.13. The van der Waals surface area contributed by atoms with Crippen molar-refractivity contribution in [3.05, 3.63) is 64.9 Å². The molecule has 0 saturated carbocycles. The van der Waals surface area contributed by atoms with Crippen LogP contribution in [0.1, 0.15) is 11.1 Å². The summed E-state index contributed by atoms with van der Waals surface area (Å²) in [6.45, 7) is 2.66. The lowest BCUT2D eigenvalue weighted by atomic mass is 10.1. The number of methoxy groups -OCH3 is 2. The number of nitrogens with one attached hydrogen (secondary N) is 2. The molecule has 0 aliphatic heterocycles. The molecule has 0 bridgehead atoms. The molecule has 0 radical (unpaired) electrons. The van der Waals surface area contributed by atoms with Crippen molar-refractivity contribution in [2.75, 3.05) is 31.4 Å². The van der Waals surface area contributed by atoms with Crippen LogP contribution in [-0.2, 0) is 6.42 Å². The lowest BCUT2D eigenvalue weighted by molar-refractivity contribution is 0.410. The maximum atomic E-state index is 6.17. The molecule has 0 aliphatic rings. The molecule has 1 aromatic heterocycles. The molecule has 28 heavy (non-hydrogen) atoms. The molecule has 1 heterocycles. The van der Waals surface area contributed by atoms with Gasteiger partial charge in [-0.05, 0) is 36.6 Å². The number of benzene rings is 2. The van der Waals surface area contributed by atoms with Gasteiger partial charge >= 0.3 is 0 Å². The average Bonchev–Trinajstić information content (AvgIpc) is 2.71. The van der Waals surface area contributed by atoms with E-state index in [-0.39, 0.29) is 0 Å². The summed E-state index contributed by atoms with van der Waals surface area (Å²) in [7, 11) is 3.29. The first-order valence-electron chi connectivity index (χ1n) is 8.89. The number of aromatic nitrogens is 2. The van der Waals surface area contributed by atoms with Gasteiger partial charge in [0.1, 0.15) is 29.5 Å². The zero-order valence-corrected chi connectivity index (χ0v) is 16.9. The van der Waals surface area contributed by atoms with Gasteiger partial charge in [0.05, 0.1) is 19.9 Å². The zero-order valence-electron chi connectivity index (χ0n) is 16.1. The van der Waals surface area contributed by atoms with Crippen LogP contribution in [-0.4, -0.2) is 30.7 Å². The summed E-state index contributed by atoms with van der Waals surface area (Å²) < 4.78 is 10.8. The van der Waals surface area contributed by atoms with Gasteiger partial charge < -0.3 is 20.1 Å². The predicted molar refractivity (Wildman–Crippen MR) is 113 cm³/mol. The second-order valence-corrected chi connectivity index (χ2v) is 6.61.